The highest BCUT2D eigenvalue weighted by Gasteiger charge is 2.13. The van der Waals surface area contributed by atoms with E-state index in [9.17, 15) is 14.4 Å². The molecule has 0 bridgehead atoms. The van der Waals surface area contributed by atoms with Gasteiger partial charge in [0.25, 0.3) is 0 Å². The van der Waals surface area contributed by atoms with Gasteiger partial charge in [-0.15, -0.1) is 11.3 Å². The van der Waals surface area contributed by atoms with Crippen LogP contribution in [-0.4, -0.2) is 31.3 Å². The second-order valence-electron chi connectivity index (χ2n) is 6.04. The number of ketones is 1. The Bertz CT molecular complexity index is 793. The van der Waals surface area contributed by atoms with Gasteiger partial charge in [-0.05, 0) is 44.0 Å². The van der Waals surface area contributed by atoms with Gasteiger partial charge < -0.3 is 10.1 Å². The lowest BCUT2D eigenvalue weighted by Gasteiger charge is -2.06. The minimum Gasteiger partial charge on any atom is -0.465 e. The molecule has 1 N–H and O–H groups in total. The number of esters is 1. The molecule has 0 atom stereocenters. The van der Waals surface area contributed by atoms with Crippen molar-refractivity contribution < 1.29 is 19.1 Å². The van der Waals surface area contributed by atoms with Gasteiger partial charge in [0.2, 0.25) is 5.91 Å². The topological polar surface area (TPSA) is 72.5 Å². The van der Waals surface area contributed by atoms with E-state index >= 15 is 0 Å². The number of amides is 1. The zero-order valence-electron chi connectivity index (χ0n) is 15.3. The minimum absolute atomic E-state index is 0.0143. The molecule has 0 unspecified atom stereocenters. The number of ether oxygens (including phenoxy) is 1. The molecule has 5 nitrogen and oxygen atoms in total. The summed E-state index contributed by atoms with van der Waals surface area (Å²) in [4.78, 5) is 37.6. The van der Waals surface area contributed by atoms with Crippen LogP contribution < -0.4 is 5.32 Å². The van der Waals surface area contributed by atoms with Gasteiger partial charge in [-0.3, -0.25) is 9.59 Å². The average Bonchev–Trinajstić information content (AvgIpc) is 2.98. The van der Waals surface area contributed by atoms with Crippen molar-refractivity contribution in [2.45, 2.75) is 33.1 Å². The fourth-order valence-electron chi connectivity index (χ4n) is 2.63. The number of thiophene rings is 1. The van der Waals surface area contributed by atoms with Crippen molar-refractivity contribution in [3.63, 3.8) is 0 Å². The molecular weight excluding hydrogens is 350 g/mol. The van der Waals surface area contributed by atoms with Crippen molar-refractivity contribution in [1.82, 2.24) is 5.32 Å². The van der Waals surface area contributed by atoms with E-state index in [0.29, 0.717) is 18.5 Å². The molecule has 0 aliphatic carbocycles. The predicted octanol–water partition coefficient (Wildman–Crippen LogP) is 3.47. The second kappa shape index (κ2) is 9.29. The highest BCUT2D eigenvalue weighted by molar-refractivity contribution is 7.12. The monoisotopic (exact) mass is 373 g/mol. The Labute approximate surface area is 157 Å². The van der Waals surface area contributed by atoms with Crippen LogP contribution in [0.25, 0.3) is 0 Å². The van der Waals surface area contributed by atoms with Crippen LogP contribution in [0.5, 0.6) is 0 Å². The first-order valence-corrected chi connectivity index (χ1v) is 9.26. The van der Waals surface area contributed by atoms with Crippen molar-refractivity contribution >= 4 is 29.0 Å². The molecule has 0 radical (unpaired) electrons. The van der Waals surface area contributed by atoms with Gasteiger partial charge in [0.1, 0.15) is 0 Å². The van der Waals surface area contributed by atoms with Crippen molar-refractivity contribution in [3.05, 3.63) is 56.8 Å². The van der Waals surface area contributed by atoms with Crippen LogP contribution in [0.15, 0.2) is 30.3 Å². The number of methoxy groups -OCH3 is 1. The molecule has 0 fully saturated rings. The van der Waals surface area contributed by atoms with Crippen LogP contribution in [0, 0.1) is 13.8 Å². The number of rotatable bonds is 8. The Morgan fingerprint density at radius 3 is 2.35 bits per heavy atom. The molecule has 2 aromatic rings. The molecule has 1 aromatic carbocycles. The van der Waals surface area contributed by atoms with Crippen LogP contribution >= 0.6 is 11.3 Å². The normalized spacial score (nSPS) is 10.4. The van der Waals surface area contributed by atoms with Crippen LogP contribution in [0.4, 0.5) is 0 Å². The predicted molar refractivity (Wildman–Crippen MR) is 102 cm³/mol. The third-order valence-electron chi connectivity index (χ3n) is 4.03. The third-order valence-corrected chi connectivity index (χ3v) is 5.00. The average molecular weight is 373 g/mol. The van der Waals surface area contributed by atoms with Crippen LogP contribution in [0.3, 0.4) is 0 Å². The Morgan fingerprint density at radius 1 is 1.08 bits per heavy atom. The number of hydrogen-bond donors (Lipinski definition) is 1. The largest absolute Gasteiger partial charge is 0.465 e. The molecular formula is C20H23NO4S. The van der Waals surface area contributed by atoms with E-state index in [0.717, 1.165) is 20.9 Å². The van der Waals surface area contributed by atoms with Gasteiger partial charge >= 0.3 is 5.97 Å². The Balaban J connectivity index is 1.72. The molecule has 0 aliphatic heterocycles. The summed E-state index contributed by atoms with van der Waals surface area (Å²) in [7, 11) is 1.34. The Hall–Kier alpha value is -2.47. The second-order valence-corrected chi connectivity index (χ2v) is 7.50. The van der Waals surface area contributed by atoms with Gasteiger partial charge in [-0.2, -0.15) is 0 Å². The van der Waals surface area contributed by atoms with E-state index in [4.69, 9.17) is 0 Å². The lowest BCUT2D eigenvalue weighted by molar-refractivity contribution is -0.121. The molecule has 1 heterocycles. The maximum Gasteiger partial charge on any atom is 0.337 e. The fourth-order valence-corrected chi connectivity index (χ4v) is 3.57. The summed E-state index contributed by atoms with van der Waals surface area (Å²) in [6, 6.07) is 8.96. The van der Waals surface area contributed by atoms with Crippen molar-refractivity contribution in [2.24, 2.45) is 0 Å². The number of carbonyl (C=O) groups excluding carboxylic acids is 3. The molecule has 0 saturated heterocycles. The maximum absolute atomic E-state index is 12.2. The summed E-state index contributed by atoms with van der Waals surface area (Å²) < 4.78 is 4.65. The Kier molecular flexibility index (Phi) is 7.09. The summed E-state index contributed by atoms with van der Waals surface area (Å²) in [6.45, 7) is 4.39. The van der Waals surface area contributed by atoms with Gasteiger partial charge in [0, 0.05) is 34.7 Å². The summed E-state index contributed by atoms with van der Waals surface area (Å²) in [5, 5.41) is 2.83. The summed E-state index contributed by atoms with van der Waals surface area (Å²) in [5.74, 6) is -0.486. The maximum atomic E-state index is 12.2. The minimum atomic E-state index is -0.370. The molecule has 6 heteroatoms. The number of aryl methyl sites for hydroxylation is 2. The van der Waals surface area contributed by atoms with Crippen molar-refractivity contribution in [1.29, 1.82) is 0 Å². The number of hydrogen-bond acceptors (Lipinski definition) is 5. The van der Waals surface area contributed by atoms with E-state index in [1.54, 1.807) is 23.5 Å². The van der Waals surface area contributed by atoms with E-state index in [1.807, 2.05) is 32.0 Å². The highest BCUT2D eigenvalue weighted by atomic mass is 32.1. The smallest absolute Gasteiger partial charge is 0.337 e. The molecule has 1 aromatic heterocycles. The van der Waals surface area contributed by atoms with Crippen LogP contribution in [-0.2, 0) is 16.0 Å². The molecule has 0 spiro atoms. The first-order chi connectivity index (χ1) is 12.4. The molecule has 1 amide bonds. The zero-order valence-corrected chi connectivity index (χ0v) is 16.1. The van der Waals surface area contributed by atoms with Crippen LogP contribution in [0.2, 0.25) is 0 Å². The highest BCUT2D eigenvalue weighted by Crippen LogP contribution is 2.22. The van der Waals surface area contributed by atoms with Gasteiger partial charge in [0.05, 0.1) is 12.7 Å². The summed E-state index contributed by atoms with van der Waals surface area (Å²) >= 11 is 1.60. The number of benzene rings is 1. The summed E-state index contributed by atoms with van der Waals surface area (Å²) in [5.41, 5.74) is 2.24. The van der Waals surface area contributed by atoms with E-state index in [1.165, 1.54) is 7.11 Å². The standard InChI is InChI=1S/C20H23NO4S/c1-13-12-17(14(2)26-13)18(22)8-9-19(23)21-11-10-15-4-6-16(7-5-15)20(24)25-3/h4-7,12H,8-11H2,1-3H3,(H,21,23). The van der Waals surface area contributed by atoms with Gasteiger partial charge in [-0.25, -0.2) is 4.79 Å². The number of Topliss-reactive ketones (excluding diaryl/α,β-unsaturated/α-hetero) is 1. The molecule has 26 heavy (non-hydrogen) atoms. The summed E-state index contributed by atoms with van der Waals surface area (Å²) in [6.07, 6.45) is 1.06. The van der Waals surface area contributed by atoms with E-state index < -0.39 is 0 Å². The fraction of sp³-hybridized carbons (Fsp3) is 0.350. The van der Waals surface area contributed by atoms with E-state index in [2.05, 4.69) is 10.1 Å². The lowest BCUT2D eigenvalue weighted by atomic mass is 10.1. The first kappa shape index (κ1) is 19.8. The number of carbonyl (C=O) groups is 3. The van der Waals surface area contributed by atoms with Gasteiger partial charge in [-0.1, -0.05) is 12.1 Å². The molecule has 0 saturated carbocycles. The first-order valence-electron chi connectivity index (χ1n) is 8.45. The quantitative estimate of drug-likeness (QED) is 0.568. The molecule has 0 aliphatic rings. The van der Waals surface area contributed by atoms with Crippen LogP contribution in [0.1, 0.15) is 48.9 Å². The van der Waals surface area contributed by atoms with Crippen molar-refractivity contribution in [2.75, 3.05) is 13.7 Å². The molecule has 2 rings (SSSR count). The van der Waals surface area contributed by atoms with Gasteiger partial charge in [0.15, 0.2) is 5.78 Å². The SMILES string of the molecule is COC(=O)c1ccc(CCNC(=O)CCC(=O)c2cc(C)sc2C)cc1. The lowest BCUT2D eigenvalue weighted by Crippen LogP contribution is -2.26. The number of nitrogens with one attached hydrogen (secondary N) is 1. The third kappa shape index (κ3) is 5.52. The van der Waals surface area contributed by atoms with Crippen molar-refractivity contribution in [3.8, 4) is 0 Å². The Morgan fingerprint density at radius 2 is 1.77 bits per heavy atom. The molecule has 138 valence electrons. The van der Waals surface area contributed by atoms with E-state index in [-0.39, 0.29) is 30.5 Å². The zero-order chi connectivity index (χ0) is 19.1.